The van der Waals surface area contributed by atoms with E-state index >= 15 is 0 Å². The Hall–Kier alpha value is -0.770. The number of esters is 1. The Bertz CT molecular complexity index is 797. The average Bonchev–Trinajstić information content (AvgIpc) is 2.88. The number of cyclic esters (lactones) is 1. The van der Waals surface area contributed by atoms with Crippen LogP contribution in [0.25, 0.3) is 0 Å². The molecule has 3 saturated heterocycles. The van der Waals surface area contributed by atoms with E-state index in [1.165, 1.54) is 0 Å². The lowest BCUT2D eigenvalue weighted by Crippen LogP contribution is -2.59. The van der Waals surface area contributed by atoms with Crippen molar-refractivity contribution in [3.63, 3.8) is 0 Å². The molecule has 3 heterocycles. The average molecular weight is 527 g/mol. The van der Waals surface area contributed by atoms with Crippen LogP contribution in [-0.2, 0) is 19.0 Å². The largest absolute Gasteiger partial charge is 0.459 e. The lowest BCUT2D eigenvalue weighted by Gasteiger charge is -2.50. The second kappa shape index (κ2) is 11.0. The van der Waals surface area contributed by atoms with Gasteiger partial charge in [-0.15, -0.1) is 0 Å². The van der Waals surface area contributed by atoms with Crippen molar-refractivity contribution >= 4 is 5.97 Å². The molecule has 9 atom stereocenters. The van der Waals surface area contributed by atoms with E-state index < -0.39 is 47.2 Å². The molecule has 37 heavy (non-hydrogen) atoms. The molecule has 0 saturated carbocycles. The molecule has 8 heteroatoms. The van der Waals surface area contributed by atoms with Gasteiger partial charge in [0.25, 0.3) is 0 Å². The van der Waals surface area contributed by atoms with Gasteiger partial charge in [-0.2, -0.15) is 0 Å². The topological polar surface area (TPSA) is 100 Å². The lowest BCUT2D eigenvalue weighted by molar-refractivity contribution is -0.311. The highest BCUT2D eigenvalue weighted by Crippen LogP contribution is 2.54. The molecule has 0 unspecified atom stereocenters. The van der Waals surface area contributed by atoms with Crippen LogP contribution in [0.15, 0.2) is 0 Å². The minimum atomic E-state index is -1.60. The molecule has 3 aliphatic heterocycles. The minimum absolute atomic E-state index is 0.00512. The summed E-state index contributed by atoms with van der Waals surface area (Å²) in [5, 5.41) is 26.1. The molecule has 3 rings (SSSR count). The Kier molecular flexibility index (Phi) is 9.16. The number of aliphatic hydroxyl groups is 2. The summed E-state index contributed by atoms with van der Waals surface area (Å²) in [6.07, 6.45) is 0.254. The van der Waals surface area contributed by atoms with Gasteiger partial charge in [0.15, 0.2) is 5.79 Å². The summed E-state index contributed by atoms with van der Waals surface area (Å²) in [5.41, 5.74) is -2.43. The molecule has 3 N–H and O–H groups in total. The van der Waals surface area contributed by atoms with Crippen molar-refractivity contribution in [1.82, 2.24) is 10.2 Å². The van der Waals surface area contributed by atoms with Crippen molar-refractivity contribution in [3.8, 4) is 0 Å². The Morgan fingerprint density at radius 2 is 1.68 bits per heavy atom. The van der Waals surface area contributed by atoms with E-state index in [0.29, 0.717) is 19.3 Å². The van der Waals surface area contributed by atoms with Crippen LogP contribution in [0.1, 0.15) is 88.0 Å². The van der Waals surface area contributed by atoms with Gasteiger partial charge in [-0.1, -0.05) is 34.6 Å². The van der Waals surface area contributed by atoms with Crippen LogP contribution >= 0.6 is 0 Å². The summed E-state index contributed by atoms with van der Waals surface area (Å²) in [4.78, 5) is 15.8. The van der Waals surface area contributed by atoms with Gasteiger partial charge in [-0.05, 0) is 64.8 Å². The summed E-state index contributed by atoms with van der Waals surface area (Å²) in [7, 11) is 1.98. The molecule has 3 fully saturated rings. The third kappa shape index (κ3) is 5.75. The number of carbonyl (C=O) groups excluding carboxylic acids is 1. The number of ether oxygens (including phenoxy) is 3. The Labute approximate surface area is 224 Å². The lowest BCUT2D eigenvalue weighted by atomic mass is 9.62. The zero-order valence-corrected chi connectivity index (χ0v) is 25.0. The van der Waals surface area contributed by atoms with Crippen LogP contribution in [0.3, 0.4) is 0 Å². The fraction of sp³-hybridized carbons (Fsp3) is 0.966. The van der Waals surface area contributed by atoms with Gasteiger partial charge in [0.05, 0.1) is 17.6 Å². The molecule has 0 radical (unpaired) electrons. The molecule has 1 spiro atoms. The Balaban J connectivity index is 2.13. The van der Waals surface area contributed by atoms with E-state index in [4.69, 9.17) is 14.2 Å². The minimum Gasteiger partial charge on any atom is -0.459 e. The van der Waals surface area contributed by atoms with E-state index in [2.05, 4.69) is 44.8 Å². The molecule has 2 bridgehead atoms. The molecule has 0 amide bonds. The van der Waals surface area contributed by atoms with Crippen molar-refractivity contribution < 1.29 is 29.2 Å². The van der Waals surface area contributed by atoms with Crippen LogP contribution in [0, 0.1) is 23.2 Å². The Morgan fingerprint density at radius 3 is 2.24 bits per heavy atom. The number of likely N-dealkylation sites (N-methyl/N-ethyl adjacent to an activating group) is 1. The fourth-order valence-electron chi connectivity index (χ4n) is 6.98. The number of aliphatic hydroxyl groups excluding tert-OH is 1. The van der Waals surface area contributed by atoms with E-state index in [9.17, 15) is 15.0 Å². The van der Waals surface area contributed by atoms with Gasteiger partial charge < -0.3 is 34.6 Å². The smallest absolute Gasteiger partial charge is 0.311 e. The number of fused-ring (bicyclic) bond motifs is 3. The molecule has 0 aliphatic carbocycles. The summed E-state index contributed by atoms with van der Waals surface area (Å²) in [6, 6.07) is -0.341. The summed E-state index contributed by atoms with van der Waals surface area (Å²) >= 11 is 0. The number of rotatable bonds is 1. The number of hydrogen-bond donors (Lipinski definition) is 3. The zero-order chi connectivity index (χ0) is 28.0. The predicted molar refractivity (Wildman–Crippen MR) is 144 cm³/mol. The number of carbonyl (C=O) groups is 1. The highest BCUT2D eigenvalue weighted by Gasteiger charge is 2.59. The molecule has 3 aliphatic rings. The molecule has 216 valence electrons. The number of nitrogens with one attached hydrogen (secondary N) is 1. The highest BCUT2D eigenvalue weighted by atomic mass is 16.7. The summed E-state index contributed by atoms with van der Waals surface area (Å²) in [6.45, 7) is 20.6. The van der Waals surface area contributed by atoms with Crippen molar-refractivity contribution in [2.45, 2.75) is 129 Å². The maximum Gasteiger partial charge on any atom is 0.311 e. The second-order valence-corrected chi connectivity index (χ2v) is 13.4. The van der Waals surface area contributed by atoms with Gasteiger partial charge in [0.2, 0.25) is 0 Å². The number of piperidine rings is 1. The summed E-state index contributed by atoms with van der Waals surface area (Å²) in [5.74, 6) is -1.52. The number of nitrogens with zero attached hydrogens (tertiary/aromatic N) is 1. The SMILES string of the molecule is CC[C@H]1OC(=O)[C@H](C)[C@H]2OC3(CCNCC3)O[C@@](C)(C[C@@H](C)CN(C)[C@H](C)[C@@H](O)[C@]1(C)O)C(C)(C)[C@H]2C. The van der Waals surface area contributed by atoms with E-state index in [1.54, 1.807) is 6.92 Å². The molecule has 0 aromatic heterocycles. The van der Waals surface area contributed by atoms with Crippen molar-refractivity contribution in [2.24, 2.45) is 23.2 Å². The van der Waals surface area contributed by atoms with Gasteiger partial charge in [-0.3, -0.25) is 4.79 Å². The maximum absolute atomic E-state index is 13.7. The van der Waals surface area contributed by atoms with Gasteiger partial charge >= 0.3 is 5.97 Å². The number of hydrogen-bond acceptors (Lipinski definition) is 8. The van der Waals surface area contributed by atoms with Crippen LogP contribution in [-0.4, -0.2) is 89.1 Å². The Morgan fingerprint density at radius 1 is 1.08 bits per heavy atom. The first-order chi connectivity index (χ1) is 17.0. The third-order valence-electron chi connectivity index (χ3n) is 10.4. The normalized spacial score (nSPS) is 46.1. The molecule has 0 aromatic carbocycles. The van der Waals surface area contributed by atoms with E-state index in [0.717, 1.165) is 26.1 Å². The van der Waals surface area contributed by atoms with Gasteiger partial charge in [0.1, 0.15) is 17.8 Å². The van der Waals surface area contributed by atoms with Crippen LogP contribution in [0.2, 0.25) is 0 Å². The van der Waals surface area contributed by atoms with E-state index in [-0.39, 0.29) is 23.3 Å². The van der Waals surface area contributed by atoms with Gasteiger partial charge in [-0.25, -0.2) is 0 Å². The van der Waals surface area contributed by atoms with E-state index in [1.807, 2.05) is 27.8 Å². The highest BCUT2D eigenvalue weighted by molar-refractivity contribution is 5.73. The quantitative estimate of drug-likeness (QED) is 0.448. The molecule has 8 nitrogen and oxygen atoms in total. The van der Waals surface area contributed by atoms with Crippen molar-refractivity contribution in [3.05, 3.63) is 0 Å². The summed E-state index contributed by atoms with van der Waals surface area (Å²) < 4.78 is 20.0. The van der Waals surface area contributed by atoms with Crippen LogP contribution < -0.4 is 5.32 Å². The molecular formula is C29H54N2O6. The first kappa shape index (κ1) is 30.8. The van der Waals surface area contributed by atoms with Gasteiger partial charge in [0, 0.05) is 38.5 Å². The zero-order valence-electron chi connectivity index (χ0n) is 25.0. The van der Waals surface area contributed by atoms with Crippen LogP contribution in [0.4, 0.5) is 0 Å². The third-order valence-corrected chi connectivity index (χ3v) is 10.4. The maximum atomic E-state index is 13.7. The second-order valence-electron chi connectivity index (χ2n) is 13.4. The molecule has 0 aromatic rings. The first-order valence-electron chi connectivity index (χ1n) is 14.4. The fourth-order valence-corrected chi connectivity index (χ4v) is 6.98. The first-order valence-corrected chi connectivity index (χ1v) is 14.4. The monoisotopic (exact) mass is 526 g/mol. The van der Waals surface area contributed by atoms with Crippen LogP contribution in [0.5, 0.6) is 0 Å². The molecular weight excluding hydrogens is 472 g/mol. The van der Waals surface area contributed by atoms with Crippen molar-refractivity contribution in [1.29, 1.82) is 0 Å². The van der Waals surface area contributed by atoms with Crippen molar-refractivity contribution in [2.75, 3.05) is 26.7 Å². The standard InChI is InChI=1S/C29H54N2O6/c1-11-22-28(9,34)24(32)21(5)31(10)17-18(2)16-27(8)26(6,7)20(4)23(19(3)25(33)35-22)36-29(37-27)12-14-30-15-13-29/h18-24,30,32,34H,11-17H2,1-10H3/t18-,19-,20+,21-,22-,23-,24-,27+,28-/m1/s1. The predicted octanol–water partition coefficient (Wildman–Crippen LogP) is 3.33.